The first-order valence-corrected chi connectivity index (χ1v) is 7.13. The van der Waals surface area contributed by atoms with Crippen LogP contribution in [0.5, 0.6) is 0 Å². The Hall–Kier alpha value is -2.42. The first kappa shape index (κ1) is 13.6. The summed E-state index contributed by atoms with van der Waals surface area (Å²) in [5.74, 6) is 0.816. The summed E-state index contributed by atoms with van der Waals surface area (Å²) in [6.45, 7) is 6.40. The molecule has 0 aliphatic heterocycles. The maximum absolute atomic E-state index is 4.49. The van der Waals surface area contributed by atoms with Gasteiger partial charge in [0.1, 0.15) is 5.69 Å². The minimum atomic E-state index is 0.816. The van der Waals surface area contributed by atoms with Gasteiger partial charge in [-0.25, -0.2) is 0 Å². The summed E-state index contributed by atoms with van der Waals surface area (Å²) in [7, 11) is 1.87. The van der Waals surface area contributed by atoms with E-state index in [9.17, 15) is 0 Å². The lowest BCUT2D eigenvalue weighted by Crippen LogP contribution is -2.00. The van der Waals surface area contributed by atoms with E-state index in [2.05, 4.69) is 60.6 Å². The smallest absolute Gasteiger partial charge is 0.156 e. The van der Waals surface area contributed by atoms with Crippen molar-refractivity contribution in [2.24, 2.45) is 0 Å². The summed E-state index contributed by atoms with van der Waals surface area (Å²) in [6.07, 6.45) is 0. The van der Waals surface area contributed by atoms with Crippen LogP contribution >= 0.6 is 0 Å². The molecule has 0 bridgehead atoms. The number of aromatic nitrogens is 2. The summed E-state index contributed by atoms with van der Waals surface area (Å²) >= 11 is 0. The first-order valence-electron chi connectivity index (χ1n) is 7.13. The Morgan fingerprint density at radius 1 is 0.857 bits per heavy atom. The number of benzene rings is 2. The van der Waals surface area contributed by atoms with Crippen LogP contribution < -0.4 is 5.32 Å². The fraction of sp³-hybridized carbons (Fsp3) is 0.222. The Kier molecular flexibility index (Phi) is 3.34. The molecule has 0 amide bonds. The van der Waals surface area contributed by atoms with E-state index < -0.39 is 0 Å². The van der Waals surface area contributed by atoms with Gasteiger partial charge in [0.2, 0.25) is 0 Å². The van der Waals surface area contributed by atoms with Gasteiger partial charge in [-0.15, -0.1) is 10.2 Å². The van der Waals surface area contributed by atoms with Gasteiger partial charge in [-0.2, -0.15) is 0 Å². The van der Waals surface area contributed by atoms with Crippen molar-refractivity contribution in [1.82, 2.24) is 10.2 Å². The van der Waals surface area contributed by atoms with Gasteiger partial charge in [-0.05, 0) is 31.9 Å². The van der Waals surface area contributed by atoms with Gasteiger partial charge < -0.3 is 5.32 Å². The molecule has 3 nitrogen and oxygen atoms in total. The molecular weight excluding hydrogens is 258 g/mol. The van der Waals surface area contributed by atoms with Crippen molar-refractivity contribution in [3.63, 3.8) is 0 Å². The van der Waals surface area contributed by atoms with Gasteiger partial charge in [0.15, 0.2) is 5.82 Å². The molecule has 0 saturated carbocycles. The number of fused-ring (bicyclic) bond motifs is 1. The van der Waals surface area contributed by atoms with Crippen LogP contribution in [0.25, 0.3) is 22.0 Å². The molecule has 1 N–H and O–H groups in total. The third-order valence-corrected chi connectivity index (χ3v) is 3.84. The van der Waals surface area contributed by atoms with E-state index in [1.165, 1.54) is 22.3 Å². The van der Waals surface area contributed by atoms with Crippen LogP contribution in [0.2, 0.25) is 0 Å². The standard InChI is InChI=1S/C18H19N3/c1-11-9-12(2)16(13(3)10-11)17-14-7-5-6-8-15(14)18(19-4)21-20-17/h5-10H,1-4H3,(H,19,21). The zero-order chi connectivity index (χ0) is 15.0. The molecule has 0 radical (unpaired) electrons. The molecule has 0 unspecified atom stereocenters. The largest absolute Gasteiger partial charge is 0.371 e. The molecule has 21 heavy (non-hydrogen) atoms. The Labute approximate surface area is 125 Å². The normalized spacial score (nSPS) is 10.9. The van der Waals surface area contributed by atoms with E-state index in [1.807, 2.05) is 19.2 Å². The molecule has 0 spiro atoms. The summed E-state index contributed by atoms with van der Waals surface area (Å²) in [5.41, 5.74) is 5.90. The van der Waals surface area contributed by atoms with Crippen LogP contribution in [0.15, 0.2) is 36.4 Å². The topological polar surface area (TPSA) is 37.8 Å². The van der Waals surface area contributed by atoms with E-state index in [1.54, 1.807) is 0 Å². The van der Waals surface area contributed by atoms with Crippen LogP contribution in [-0.4, -0.2) is 17.2 Å². The fourth-order valence-electron chi connectivity index (χ4n) is 3.03. The zero-order valence-corrected chi connectivity index (χ0v) is 12.9. The van der Waals surface area contributed by atoms with Gasteiger partial charge >= 0.3 is 0 Å². The van der Waals surface area contributed by atoms with E-state index >= 15 is 0 Å². The van der Waals surface area contributed by atoms with Crippen LogP contribution in [0, 0.1) is 20.8 Å². The molecule has 0 aliphatic rings. The average Bonchev–Trinajstić information content (AvgIpc) is 2.46. The number of rotatable bonds is 2. The predicted octanol–water partition coefficient (Wildman–Crippen LogP) is 4.26. The molecule has 0 fully saturated rings. The van der Waals surface area contributed by atoms with Gasteiger partial charge in [0.25, 0.3) is 0 Å². The van der Waals surface area contributed by atoms with Crippen molar-refractivity contribution in [2.45, 2.75) is 20.8 Å². The molecule has 3 aromatic rings. The summed E-state index contributed by atoms with van der Waals surface area (Å²) in [5, 5.41) is 14.2. The number of anilines is 1. The lowest BCUT2D eigenvalue weighted by atomic mass is 9.94. The Morgan fingerprint density at radius 2 is 1.48 bits per heavy atom. The van der Waals surface area contributed by atoms with Crippen molar-refractivity contribution in [3.05, 3.63) is 53.1 Å². The van der Waals surface area contributed by atoms with Crippen LogP contribution in [0.1, 0.15) is 16.7 Å². The van der Waals surface area contributed by atoms with Crippen molar-refractivity contribution < 1.29 is 0 Å². The molecule has 0 atom stereocenters. The number of nitrogens with one attached hydrogen (secondary N) is 1. The lowest BCUT2D eigenvalue weighted by Gasteiger charge is -2.14. The van der Waals surface area contributed by atoms with Gasteiger partial charge in [0, 0.05) is 23.4 Å². The van der Waals surface area contributed by atoms with E-state index in [0.717, 1.165) is 22.3 Å². The molecule has 0 saturated heterocycles. The lowest BCUT2D eigenvalue weighted by molar-refractivity contribution is 1.05. The predicted molar refractivity (Wildman–Crippen MR) is 88.7 cm³/mol. The maximum atomic E-state index is 4.49. The minimum absolute atomic E-state index is 0.816. The molecule has 2 aromatic carbocycles. The first-order chi connectivity index (χ1) is 10.1. The van der Waals surface area contributed by atoms with Crippen molar-refractivity contribution in [1.29, 1.82) is 0 Å². The summed E-state index contributed by atoms with van der Waals surface area (Å²) in [6, 6.07) is 12.7. The third kappa shape index (κ3) is 2.25. The second-order valence-electron chi connectivity index (χ2n) is 5.47. The van der Waals surface area contributed by atoms with Crippen molar-refractivity contribution in [2.75, 3.05) is 12.4 Å². The zero-order valence-electron chi connectivity index (χ0n) is 12.9. The third-order valence-electron chi connectivity index (χ3n) is 3.84. The maximum Gasteiger partial charge on any atom is 0.156 e. The molecule has 3 rings (SSSR count). The molecule has 3 heteroatoms. The van der Waals surface area contributed by atoms with E-state index in [0.29, 0.717) is 0 Å². The molecule has 0 aliphatic carbocycles. The van der Waals surface area contributed by atoms with Crippen molar-refractivity contribution >= 4 is 16.6 Å². The molecule has 106 valence electrons. The molecule has 1 heterocycles. The molecular formula is C18H19N3. The Morgan fingerprint density at radius 3 is 2.10 bits per heavy atom. The Balaban J connectivity index is 2.37. The highest BCUT2D eigenvalue weighted by molar-refractivity contribution is 6.00. The second-order valence-corrected chi connectivity index (χ2v) is 5.47. The van der Waals surface area contributed by atoms with Crippen LogP contribution in [-0.2, 0) is 0 Å². The highest BCUT2D eigenvalue weighted by atomic mass is 15.2. The number of hydrogen-bond donors (Lipinski definition) is 1. The average molecular weight is 277 g/mol. The van der Waals surface area contributed by atoms with Crippen molar-refractivity contribution in [3.8, 4) is 11.3 Å². The quantitative estimate of drug-likeness (QED) is 0.760. The number of hydrogen-bond acceptors (Lipinski definition) is 3. The monoisotopic (exact) mass is 277 g/mol. The highest BCUT2D eigenvalue weighted by Crippen LogP contribution is 2.33. The van der Waals surface area contributed by atoms with Crippen LogP contribution in [0.3, 0.4) is 0 Å². The number of aryl methyl sites for hydroxylation is 3. The highest BCUT2D eigenvalue weighted by Gasteiger charge is 2.14. The minimum Gasteiger partial charge on any atom is -0.371 e. The van der Waals surface area contributed by atoms with E-state index in [-0.39, 0.29) is 0 Å². The fourth-order valence-corrected chi connectivity index (χ4v) is 3.03. The van der Waals surface area contributed by atoms with Gasteiger partial charge in [-0.1, -0.05) is 42.0 Å². The van der Waals surface area contributed by atoms with Gasteiger partial charge in [-0.3, -0.25) is 0 Å². The van der Waals surface area contributed by atoms with Gasteiger partial charge in [0.05, 0.1) is 0 Å². The molecule has 1 aromatic heterocycles. The Bertz CT molecular complexity index is 799. The number of nitrogens with zero attached hydrogens (tertiary/aromatic N) is 2. The van der Waals surface area contributed by atoms with E-state index in [4.69, 9.17) is 0 Å². The SMILES string of the molecule is CNc1nnc(-c2c(C)cc(C)cc2C)c2ccccc12. The van der Waals surface area contributed by atoms with Crippen LogP contribution in [0.4, 0.5) is 5.82 Å². The summed E-state index contributed by atoms with van der Waals surface area (Å²) in [4.78, 5) is 0. The summed E-state index contributed by atoms with van der Waals surface area (Å²) < 4.78 is 0. The second kappa shape index (κ2) is 5.17.